The molecule has 0 aliphatic carbocycles. The van der Waals surface area contributed by atoms with Crippen molar-refractivity contribution in [2.75, 3.05) is 0 Å². The van der Waals surface area contributed by atoms with E-state index in [4.69, 9.17) is 4.42 Å². The van der Waals surface area contributed by atoms with Crippen LogP contribution in [0, 0.1) is 27.7 Å². The lowest BCUT2D eigenvalue weighted by atomic mass is 9.96. The summed E-state index contributed by atoms with van der Waals surface area (Å²) in [6, 6.07) is 20.5. The first kappa shape index (κ1) is 17.3. The average molecular weight is 354 g/mol. The number of benzene rings is 3. The molecule has 4 aromatic rings. The molecule has 0 atom stereocenters. The Morgan fingerprint density at radius 1 is 0.593 bits per heavy atom. The van der Waals surface area contributed by atoms with Crippen molar-refractivity contribution in [3.8, 4) is 22.3 Å². The van der Waals surface area contributed by atoms with Gasteiger partial charge in [-0.2, -0.15) is 0 Å². The summed E-state index contributed by atoms with van der Waals surface area (Å²) >= 11 is 0. The van der Waals surface area contributed by atoms with Gasteiger partial charge < -0.3 is 4.42 Å². The second-order valence-corrected chi connectivity index (χ2v) is 7.44. The summed E-state index contributed by atoms with van der Waals surface area (Å²) in [7, 11) is 0. The normalized spacial score (nSPS) is 11.1. The van der Waals surface area contributed by atoms with E-state index in [1.807, 2.05) is 6.07 Å². The van der Waals surface area contributed by atoms with Crippen LogP contribution in [0.3, 0.4) is 0 Å². The largest absolute Gasteiger partial charge is 0.423 e. The van der Waals surface area contributed by atoms with Gasteiger partial charge in [-0.1, -0.05) is 64.7 Å². The summed E-state index contributed by atoms with van der Waals surface area (Å²) in [5, 5.41) is 0.952. The molecule has 0 amide bonds. The zero-order valence-corrected chi connectivity index (χ0v) is 16.1. The molecular formula is C25H22O2. The first-order valence-corrected chi connectivity index (χ1v) is 9.14. The maximum absolute atomic E-state index is 12.2. The molecule has 0 N–H and O–H groups in total. The number of fused-ring (bicyclic) bond motifs is 1. The van der Waals surface area contributed by atoms with Gasteiger partial charge in [-0.15, -0.1) is 0 Å². The van der Waals surface area contributed by atoms with E-state index in [9.17, 15) is 4.79 Å². The molecule has 0 saturated carbocycles. The van der Waals surface area contributed by atoms with Gasteiger partial charge in [0.25, 0.3) is 0 Å². The van der Waals surface area contributed by atoms with Gasteiger partial charge in [0, 0.05) is 11.5 Å². The molecular weight excluding hydrogens is 332 g/mol. The Kier molecular flexibility index (Phi) is 4.19. The molecule has 0 fully saturated rings. The predicted octanol–water partition coefficient (Wildman–Crippen LogP) is 6.36. The van der Waals surface area contributed by atoms with Gasteiger partial charge in [-0.25, -0.2) is 4.79 Å². The van der Waals surface area contributed by atoms with Crippen LogP contribution in [0.5, 0.6) is 0 Å². The highest BCUT2D eigenvalue weighted by Gasteiger charge is 2.10. The molecule has 1 heterocycles. The fraction of sp³-hybridized carbons (Fsp3) is 0.160. The molecule has 0 bridgehead atoms. The Balaban J connectivity index is 1.94. The second-order valence-electron chi connectivity index (χ2n) is 7.44. The van der Waals surface area contributed by atoms with E-state index in [1.165, 1.54) is 22.3 Å². The quantitative estimate of drug-likeness (QED) is 0.392. The third kappa shape index (κ3) is 3.43. The predicted molar refractivity (Wildman–Crippen MR) is 112 cm³/mol. The van der Waals surface area contributed by atoms with Crippen molar-refractivity contribution in [2.45, 2.75) is 27.7 Å². The number of aryl methyl sites for hydroxylation is 4. The summed E-state index contributed by atoms with van der Waals surface area (Å²) in [5.74, 6) is 0. The van der Waals surface area contributed by atoms with Crippen LogP contribution in [0.2, 0.25) is 0 Å². The molecule has 1 aromatic heterocycles. The first-order chi connectivity index (χ1) is 12.9. The van der Waals surface area contributed by atoms with Crippen LogP contribution in [-0.4, -0.2) is 0 Å². The summed E-state index contributed by atoms with van der Waals surface area (Å²) in [4.78, 5) is 12.2. The monoisotopic (exact) mass is 354 g/mol. The average Bonchev–Trinajstić information content (AvgIpc) is 2.58. The van der Waals surface area contributed by atoms with Crippen molar-refractivity contribution < 1.29 is 4.42 Å². The molecule has 2 nitrogen and oxygen atoms in total. The maximum atomic E-state index is 12.2. The minimum Gasteiger partial charge on any atom is -0.423 e. The number of hydrogen-bond donors (Lipinski definition) is 0. The topological polar surface area (TPSA) is 30.2 Å². The van der Waals surface area contributed by atoms with Gasteiger partial charge in [0.1, 0.15) is 5.58 Å². The van der Waals surface area contributed by atoms with Crippen LogP contribution in [0.1, 0.15) is 22.3 Å². The molecule has 27 heavy (non-hydrogen) atoms. The third-order valence-corrected chi connectivity index (χ3v) is 4.83. The molecule has 2 heteroatoms. The molecule has 0 radical (unpaired) electrons. The Labute approximate surface area is 159 Å². The Bertz CT molecular complexity index is 1190. The zero-order valence-electron chi connectivity index (χ0n) is 16.1. The standard InChI is InChI=1S/C25H22O2/c1-15-7-16(2)10-20(9-15)19-5-6-22-23(14-25(26)27-24(22)13-19)21-11-17(3)8-18(4)12-21/h5-14H,1-4H3. The van der Waals surface area contributed by atoms with E-state index in [0.29, 0.717) is 5.58 Å². The van der Waals surface area contributed by atoms with Gasteiger partial charge in [0.15, 0.2) is 0 Å². The number of rotatable bonds is 2. The van der Waals surface area contributed by atoms with Crippen molar-refractivity contribution in [3.05, 3.63) is 93.3 Å². The van der Waals surface area contributed by atoms with Gasteiger partial charge in [-0.3, -0.25) is 0 Å². The van der Waals surface area contributed by atoms with Crippen molar-refractivity contribution in [1.29, 1.82) is 0 Å². The van der Waals surface area contributed by atoms with Gasteiger partial charge in [-0.05, 0) is 62.1 Å². The molecule has 0 spiro atoms. The van der Waals surface area contributed by atoms with Crippen LogP contribution >= 0.6 is 0 Å². The maximum Gasteiger partial charge on any atom is 0.336 e. The van der Waals surface area contributed by atoms with Gasteiger partial charge >= 0.3 is 5.63 Å². The minimum atomic E-state index is -0.325. The van der Waals surface area contributed by atoms with Crippen molar-refractivity contribution >= 4 is 11.0 Å². The second kappa shape index (κ2) is 6.55. The lowest BCUT2D eigenvalue weighted by molar-refractivity contribution is 0.561. The summed E-state index contributed by atoms with van der Waals surface area (Å²) in [6.07, 6.45) is 0. The fourth-order valence-corrected chi connectivity index (χ4v) is 3.85. The molecule has 134 valence electrons. The first-order valence-electron chi connectivity index (χ1n) is 9.14. The summed E-state index contributed by atoms with van der Waals surface area (Å²) < 4.78 is 5.55. The van der Waals surface area contributed by atoms with Crippen LogP contribution in [0.4, 0.5) is 0 Å². The molecule has 3 aromatic carbocycles. The highest BCUT2D eigenvalue weighted by Crippen LogP contribution is 2.32. The minimum absolute atomic E-state index is 0.325. The highest BCUT2D eigenvalue weighted by atomic mass is 16.4. The Morgan fingerprint density at radius 2 is 1.15 bits per heavy atom. The lowest BCUT2D eigenvalue weighted by Crippen LogP contribution is -1.98. The molecule has 0 aliphatic rings. The van der Waals surface area contributed by atoms with E-state index in [1.54, 1.807) is 6.07 Å². The number of hydrogen-bond acceptors (Lipinski definition) is 2. The SMILES string of the molecule is Cc1cc(C)cc(-c2ccc3c(-c4cc(C)cc(C)c4)cc(=O)oc3c2)c1. The Hall–Kier alpha value is -3.13. The van der Waals surface area contributed by atoms with Gasteiger partial charge in [0.2, 0.25) is 0 Å². The third-order valence-electron chi connectivity index (χ3n) is 4.83. The summed E-state index contributed by atoms with van der Waals surface area (Å²) in [6.45, 7) is 8.33. The smallest absolute Gasteiger partial charge is 0.336 e. The molecule has 0 unspecified atom stereocenters. The van der Waals surface area contributed by atoms with Crippen LogP contribution in [0.25, 0.3) is 33.2 Å². The van der Waals surface area contributed by atoms with E-state index < -0.39 is 0 Å². The highest BCUT2D eigenvalue weighted by molar-refractivity contribution is 5.95. The lowest BCUT2D eigenvalue weighted by Gasteiger charge is -2.10. The van der Waals surface area contributed by atoms with E-state index in [0.717, 1.165) is 27.6 Å². The van der Waals surface area contributed by atoms with Crippen LogP contribution in [0.15, 0.2) is 69.9 Å². The zero-order chi connectivity index (χ0) is 19.1. The van der Waals surface area contributed by atoms with Crippen molar-refractivity contribution in [2.24, 2.45) is 0 Å². The van der Waals surface area contributed by atoms with Gasteiger partial charge in [0.05, 0.1) is 0 Å². The van der Waals surface area contributed by atoms with Crippen LogP contribution < -0.4 is 5.63 Å². The molecule has 0 aliphatic heterocycles. The summed E-state index contributed by atoms with van der Waals surface area (Å²) in [5.41, 5.74) is 9.23. The molecule has 4 rings (SSSR count). The molecule has 0 saturated heterocycles. The Morgan fingerprint density at radius 3 is 1.74 bits per heavy atom. The van der Waals surface area contributed by atoms with E-state index >= 15 is 0 Å². The van der Waals surface area contributed by atoms with Crippen LogP contribution in [-0.2, 0) is 0 Å². The van der Waals surface area contributed by atoms with E-state index in [2.05, 4.69) is 76.2 Å². The van der Waals surface area contributed by atoms with Crippen molar-refractivity contribution in [1.82, 2.24) is 0 Å². The fourth-order valence-electron chi connectivity index (χ4n) is 3.85. The van der Waals surface area contributed by atoms with Crippen molar-refractivity contribution in [3.63, 3.8) is 0 Å². The van der Waals surface area contributed by atoms with E-state index in [-0.39, 0.29) is 5.63 Å².